The van der Waals surface area contributed by atoms with E-state index in [0.29, 0.717) is 5.69 Å². The number of aromatic nitrogens is 3. The first kappa shape index (κ1) is 20.3. The van der Waals surface area contributed by atoms with E-state index in [0.717, 1.165) is 37.7 Å². The van der Waals surface area contributed by atoms with Crippen LogP contribution in [0.2, 0.25) is 0 Å². The fraction of sp³-hybridized carbons (Fsp3) is 0.250. The summed E-state index contributed by atoms with van der Waals surface area (Å²) in [7, 11) is 1.66. The molecule has 4 aromatic rings. The van der Waals surface area contributed by atoms with E-state index < -0.39 is 0 Å². The van der Waals surface area contributed by atoms with Crippen LogP contribution < -0.4 is 4.74 Å². The molecule has 0 aliphatic carbocycles. The van der Waals surface area contributed by atoms with Gasteiger partial charge in [0, 0.05) is 15.4 Å². The summed E-state index contributed by atoms with van der Waals surface area (Å²) >= 11 is 1.66. The molecule has 0 fully saturated rings. The third-order valence-electron chi connectivity index (χ3n) is 4.90. The number of hydrogen-bond acceptors (Lipinski definition) is 5. The van der Waals surface area contributed by atoms with Crippen LogP contribution in [0, 0.1) is 6.92 Å². The number of phenolic OH excluding ortho intramolecular Hbond substituents is 1. The highest BCUT2D eigenvalue weighted by Gasteiger charge is 2.22. The van der Waals surface area contributed by atoms with Crippen molar-refractivity contribution in [2.45, 2.75) is 42.9 Å². The molecule has 1 heterocycles. The van der Waals surface area contributed by atoms with Gasteiger partial charge in [-0.1, -0.05) is 38.6 Å². The van der Waals surface area contributed by atoms with E-state index in [1.165, 1.54) is 4.80 Å². The zero-order valence-electron chi connectivity index (χ0n) is 17.8. The van der Waals surface area contributed by atoms with Crippen molar-refractivity contribution in [2.75, 3.05) is 7.11 Å². The highest BCUT2D eigenvalue weighted by atomic mass is 32.2. The molecule has 30 heavy (non-hydrogen) atoms. The Kier molecular flexibility index (Phi) is 5.20. The predicted molar refractivity (Wildman–Crippen MR) is 121 cm³/mol. The summed E-state index contributed by atoms with van der Waals surface area (Å²) in [5.74, 6) is 1.06. The molecule has 1 N–H and O–H groups in total. The lowest BCUT2D eigenvalue weighted by Crippen LogP contribution is -2.13. The highest BCUT2D eigenvalue weighted by molar-refractivity contribution is 7.99. The number of methoxy groups -OCH3 is 1. The zero-order valence-corrected chi connectivity index (χ0v) is 18.6. The van der Waals surface area contributed by atoms with E-state index in [4.69, 9.17) is 4.74 Å². The van der Waals surface area contributed by atoms with Crippen LogP contribution in [0.25, 0.3) is 16.7 Å². The van der Waals surface area contributed by atoms with E-state index in [2.05, 4.69) is 31.0 Å². The number of nitrogens with zero attached hydrogens (tertiary/aromatic N) is 3. The quantitative estimate of drug-likeness (QED) is 0.447. The minimum absolute atomic E-state index is 0.181. The number of ether oxygens (including phenoxy) is 1. The van der Waals surface area contributed by atoms with E-state index in [-0.39, 0.29) is 11.2 Å². The lowest BCUT2D eigenvalue weighted by Gasteiger charge is -2.22. The molecule has 0 unspecified atom stereocenters. The van der Waals surface area contributed by atoms with Crippen LogP contribution in [0.4, 0.5) is 0 Å². The Morgan fingerprint density at radius 2 is 1.57 bits per heavy atom. The standard InChI is InChI=1S/C24H25N3O2S/c1-15-12-19(24(2,3)4)23(28)22(13-15)27-25-20-11-10-18(14-21(20)26-27)30-17-8-6-16(29-5)7-9-17/h6-14,28H,1-5H3. The topological polar surface area (TPSA) is 60.2 Å². The molecule has 154 valence electrons. The van der Waals surface area contributed by atoms with Crippen LogP contribution in [0.1, 0.15) is 31.9 Å². The summed E-state index contributed by atoms with van der Waals surface area (Å²) in [6.07, 6.45) is 0. The first-order valence-electron chi connectivity index (χ1n) is 9.78. The minimum Gasteiger partial charge on any atom is -0.505 e. The molecule has 3 aromatic carbocycles. The molecular weight excluding hydrogens is 394 g/mol. The molecule has 1 aromatic heterocycles. The van der Waals surface area contributed by atoms with Crippen LogP contribution in [0.5, 0.6) is 11.5 Å². The maximum absolute atomic E-state index is 10.9. The number of benzene rings is 3. The lowest BCUT2D eigenvalue weighted by molar-refractivity contribution is 0.414. The van der Waals surface area contributed by atoms with Crippen LogP contribution >= 0.6 is 11.8 Å². The molecule has 0 atom stereocenters. The average molecular weight is 420 g/mol. The van der Waals surface area contributed by atoms with E-state index in [9.17, 15) is 5.11 Å². The van der Waals surface area contributed by atoms with Crippen molar-refractivity contribution >= 4 is 22.8 Å². The second-order valence-corrected chi connectivity index (χ2v) is 9.49. The van der Waals surface area contributed by atoms with Gasteiger partial charge in [-0.2, -0.15) is 0 Å². The van der Waals surface area contributed by atoms with Crippen LogP contribution in [0.15, 0.2) is 64.4 Å². The summed E-state index contributed by atoms with van der Waals surface area (Å²) in [6.45, 7) is 8.27. The van der Waals surface area contributed by atoms with Gasteiger partial charge in [0.1, 0.15) is 28.2 Å². The second kappa shape index (κ2) is 7.69. The van der Waals surface area contributed by atoms with Crippen molar-refractivity contribution in [1.29, 1.82) is 0 Å². The Hall–Kier alpha value is -2.99. The summed E-state index contributed by atoms with van der Waals surface area (Å²) in [5.41, 5.74) is 3.93. The molecular formula is C24H25N3O2S. The Labute approximate surface area is 180 Å². The van der Waals surface area contributed by atoms with Gasteiger partial charge in [-0.05, 0) is 66.4 Å². The fourth-order valence-electron chi connectivity index (χ4n) is 3.33. The smallest absolute Gasteiger partial charge is 0.146 e. The number of fused-ring (bicyclic) bond motifs is 1. The maximum atomic E-state index is 10.9. The molecule has 6 heteroatoms. The summed E-state index contributed by atoms with van der Waals surface area (Å²) in [4.78, 5) is 3.72. The monoisotopic (exact) mass is 419 g/mol. The first-order chi connectivity index (χ1) is 14.2. The number of phenols is 1. The van der Waals surface area contributed by atoms with Gasteiger partial charge in [0.25, 0.3) is 0 Å². The Bertz CT molecular complexity index is 1210. The first-order valence-corrected chi connectivity index (χ1v) is 10.6. The molecule has 0 saturated heterocycles. The number of aromatic hydroxyl groups is 1. The SMILES string of the molecule is COc1ccc(Sc2ccc3nn(-c4cc(C)cc(C(C)(C)C)c4O)nc3c2)cc1. The Morgan fingerprint density at radius 3 is 2.23 bits per heavy atom. The maximum Gasteiger partial charge on any atom is 0.146 e. The molecule has 0 spiro atoms. The molecule has 4 rings (SSSR count). The highest BCUT2D eigenvalue weighted by Crippen LogP contribution is 2.36. The predicted octanol–water partition coefficient (Wildman–Crippen LogP) is 5.89. The number of rotatable bonds is 4. The van der Waals surface area contributed by atoms with Gasteiger partial charge in [0.05, 0.1) is 7.11 Å². The molecule has 0 amide bonds. The molecule has 0 saturated carbocycles. The van der Waals surface area contributed by atoms with Crippen LogP contribution in [-0.2, 0) is 5.41 Å². The third-order valence-corrected chi connectivity index (χ3v) is 5.90. The van der Waals surface area contributed by atoms with Gasteiger partial charge < -0.3 is 9.84 Å². The van der Waals surface area contributed by atoms with Crippen molar-refractivity contribution in [3.63, 3.8) is 0 Å². The molecule has 0 aliphatic rings. The summed E-state index contributed by atoms with van der Waals surface area (Å²) in [6, 6.07) is 17.9. The lowest BCUT2D eigenvalue weighted by atomic mass is 9.85. The Balaban J connectivity index is 1.70. The van der Waals surface area contributed by atoms with Crippen molar-refractivity contribution in [3.05, 3.63) is 65.7 Å². The van der Waals surface area contributed by atoms with Gasteiger partial charge in [-0.25, -0.2) is 0 Å². The van der Waals surface area contributed by atoms with E-state index >= 15 is 0 Å². The molecule has 0 aliphatic heterocycles. The van der Waals surface area contributed by atoms with E-state index in [1.807, 2.05) is 61.5 Å². The minimum atomic E-state index is -0.181. The van der Waals surface area contributed by atoms with Crippen LogP contribution in [-0.4, -0.2) is 27.2 Å². The molecule has 5 nitrogen and oxygen atoms in total. The second-order valence-electron chi connectivity index (χ2n) is 8.35. The van der Waals surface area contributed by atoms with E-state index in [1.54, 1.807) is 18.9 Å². The van der Waals surface area contributed by atoms with Crippen molar-refractivity contribution in [1.82, 2.24) is 15.0 Å². The van der Waals surface area contributed by atoms with Gasteiger partial charge in [-0.15, -0.1) is 15.0 Å². The average Bonchev–Trinajstić information content (AvgIpc) is 3.12. The van der Waals surface area contributed by atoms with Crippen molar-refractivity contribution in [3.8, 4) is 17.2 Å². The van der Waals surface area contributed by atoms with Gasteiger partial charge >= 0.3 is 0 Å². The van der Waals surface area contributed by atoms with Gasteiger partial charge in [0.15, 0.2) is 0 Å². The van der Waals surface area contributed by atoms with Crippen molar-refractivity contribution in [2.24, 2.45) is 0 Å². The van der Waals surface area contributed by atoms with Crippen LogP contribution in [0.3, 0.4) is 0 Å². The van der Waals surface area contributed by atoms with Gasteiger partial charge in [-0.3, -0.25) is 0 Å². The number of hydrogen-bond donors (Lipinski definition) is 1. The molecule has 0 radical (unpaired) electrons. The third kappa shape index (κ3) is 4.00. The normalized spacial score (nSPS) is 11.8. The van der Waals surface area contributed by atoms with Gasteiger partial charge in [0.2, 0.25) is 0 Å². The number of aryl methyl sites for hydroxylation is 1. The van der Waals surface area contributed by atoms with Crippen molar-refractivity contribution < 1.29 is 9.84 Å². The largest absolute Gasteiger partial charge is 0.505 e. The summed E-state index contributed by atoms with van der Waals surface area (Å²) < 4.78 is 5.22. The zero-order chi connectivity index (χ0) is 21.5. The fourth-order valence-corrected chi connectivity index (χ4v) is 4.18. The summed E-state index contributed by atoms with van der Waals surface area (Å²) in [5, 5.41) is 20.2. The Morgan fingerprint density at radius 1 is 0.900 bits per heavy atom. The molecule has 0 bridgehead atoms.